The van der Waals surface area contributed by atoms with Gasteiger partial charge in [-0.15, -0.1) is 0 Å². The van der Waals surface area contributed by atoms with Crippen LogP contribution < -0.4 is 0 Å². The van der Waals surface area contributed by atoms with Crippen LogP contribution in [0.4, 0.5) is 13.2 Å². The summed E-state index contributed by atoms with van der Waals surface area (Å²) >= 11 is 0. The van der Waals surface area contributed by atoms with Gasteiger partial charge in [0.05, 0.1) is 16.0 Å². The van der Waals surface area contributed by atoms with Crippen molar-refractivity contribution in [3.8, 4) is 22.3 Å². The van der Waals surface area contributed by atoms with Crippen LogP contribution in [0.25, 0.3) is 33.0 Å². The summed E-state index contributed by atoms with van der Waals surface area (Å²) in [5, 5.41) is 10.6. The fourth-order valence-electron chi connectivity index (χ4n) is 3.74. The highest BCUT2D eigenvalue weighted by Gasteiger charge is 2.30. The van der Waals surface area contributed by atoms with E-state index in [0.29, 0.717) is 21.9 Å². The smallest absolute Gasteiger partial charge is 0.416 e. The fraction of sp³-hybridized carbons (Fsp3) is 0.0800. The molecule has 0 fully saturated rings. The number of aromatic carboxylic acids is 1. The van der Waals surface area contributed by atoms with E-state index in [2.05, 4.69) is 0 Å². The molecule has 168 valence electrons. The first-order valence-corrected chi connectivity index (χ1v) is 11.6. The summed E-state index contributed by atoms with van der Waals surface area (Å²) in [7, 11) is -3.78. The van der Waals surface area contributed by atoms with Crippen LogP contribution in [0.2, 0.25) is 0 Å². The summed E-state index contributed by atoms with van der Waals surface area (Å²) < 4.78 is 64.2. The van der Waals surface area contributed by atoms with Gasteiger partial charge in [0.1, 0.15) is 0 Å². The summed E-state index contributed by atoms with van der Waals surface area (Å²) in [4.78, 5) is 11.7. The molecular weight excluding hydrogens is 453 g/mol. The zero-order valence-corrected chi connectivity index (χ0v) is 18.0. The average Bonchev–Trinajstić information content (AvgIpc) is 2.77. The fourth-order valence-corrected chi connectivity index (χ4v) is 4.65. The first-order chi connectivity index (χ1) is 15.4. The van der Waals surface area contributed by atoms with Gasteiger partial charge in [0.25, 0.3) is 0 Å². The van der Waals surface area contributed by atoms with Gasteiger partial charge in [0.15, 0.2) is 9.84 Å². The molecule has 0 atom stereocenters. The maximum Gasteiger partial charge on any atom is 0.416 e. The molecule has 4 rings (SSSR count). The SMILES string of the molecule is CS(=O)(=O)c1cc2c(-c3ccccc3)cc(C(=O)O)cc2cc1-c1ccc(C(F)(F)F)cc1. The van der Waals surface area contributed by atoms with E-state index in [9.17, 15) is 31.5 Å². The minimum Gasteiger partial charge on any atom is -0.478 e. The van der Waals surface area contributed by atoms with Crippen LogP contribution >= 0.6 is 0 Å². The summed E-state index contributed by atoms with van der Waals surface area (Å²) in [5.74, 6) is -1.16. The van der Waals surface area contributed by atoms with E-state index in [1.54, 1.807) is 30.3 Å². The second-order valence-corrected chi connectivity index (χ2v) is 9.60. The first kappa shape index (κ1) is 22.5. The van der Waals surface area contributed by atoms with E-state index in [-0.39, 0.29) is 21.6 Å². The quantitative estimate of drug-likeness (QED) is 0.380. The number of halogens is 3. The topological polar surface area (TPSA) is 71.4 Å². The van der Waals surface area contributed by atoms with Crippen LogP contribution in [0.15, 0.2) is 83.8 Å². The number of fused-ring (bicyclic) bond motifs is 1. The third kappa shape index (κ3) is 4.47. The van der Waals surface area contributed by atoms with E-state index in [1.807, 2.05) is 0 Å². The molecule has 4 nitrogen and oxygen atoms in total. The molecule has 0 aliphatic rings. The van der Waals surface area contributed by atoms with Crippen molar-refractivity contribution in [2.45, 2.75) is 11.1 Å². The zero-order chi connectivity index (χ0) is 24.0. The van der Waals surface area contributed by atoms with Gasteiger partial charge in [-0.25, -0.2) is 13.2 Å². The lowest BCUT2D eigenvalue weighted by molar-refractivity contribution is -0.137. The highest BCUT2D eigenvalue weighted by molar-refractivity contribution is 7.90. The molecule has 0 saturated heterocycles. The predicted octanol–water partition coefficient (Wildman–Crippen LogP) is 6.29. The van der Waals surface area contributed by atoms with Gasteiger partial charge in [-0.3, -0.25) is 0 Å². The zero-order valence-electron chi connectivity index (χ0n) is 17.2. The molecule has 0 aromatic heterocycles. The van der Waals surface area contributed by atoms with Gasteiger partial charge in [-0.05, 0) is 63.9 Å². The van der Waals surface area contributed by atoms with Crippen LogP contribution in [0.1, 0.15) is 15.9 Å². The second kappa shape index (κ2) is 8.04. The van der Waals surface area contributed by atoms with Crippen molar-refractivity contribution in [3.05, 3.63) is 90.0 Å². The summed E-state index contributed by atoms with van der Waals surface area (Å²) in [6.45, 7) is 0. The normalized spacial score (nSPS) is 12.1. The number of carbonyl (C=O) groups is 1. The van der Waals surface area contributed by atoms with Gasteiger partial charge in [0.2, 0.25) is 0 Å². The van der Waals surface area contributed by atoms with Crippen LogP contribution in [0.3, 0.4) is 0 Å². The molecule has 0 heterocycles. The van der Waals surface area contributed by atoms with Gasteiger partial charge in [0, 0.05) is 11.8 Å². The van der Waals surface area contributed by atoms with Crippen molar-refractivity contribution in [3.63, 3.8) is 0 Å². The van der Waals surface area contributed by atoms with Gasteiger partial charge in [-0.1, -0.05) is 42.5 Å². The molecule has 33 heavy (non-hydrogen) atoms. The largest absolute Gasteiger partial charge is 0.478 e. The lowest BCUT2D eigenvalue weighted by atomic mass is 9.93. The Balaban J connectivity index is 2.05. The first-order valence-electron chi connectivity index (χ1n) is 9.73. The Morgan fingerprint density at radius 1 is 0.818 bits per heavy atom. The Morgan fingerprint density at radius 3 is 1.97 bits per heavy atom. The Kier molecular flexibility index (Phi) is 5.49. The van der Waals surface area contributed by atoms with E-state index in [4.69, 9.17) is 0 Å². The second-order valence-electron chi connectivity index (χ2n) is 7.61. The van der Waals surface area contributed by atoms with E-state index >= 15 is 0 Å². The summed E-state index contributed by atoms with van der Waals surface area (Å²) in [6.07, 6.45) is -3.50. The molecule has 4 aromatic rings. The third-order valence-electron chi connectivity index (χ3n) is 5.31. The number of benzene rings is 4. The van der Waals surface area contributed by atoms with Crippen molar-refractivity contribution < 1.29 is 31.5 Å². The van der Waals surface area contributed by atoms with Crippen molar-refractivity contribution in [1.29, 1.82) is 0 Å². The van der Waals surface area contributed by atoms with E-state index in [0.717, 1.165) is 18.4 Å². The van der Waals surface area contributed by atoms with Gasteiger partial charge < -0.3 is 5.11 Å². The number of hydrogen-bond acceptors (Lipinski definition) is 3. The molecule has 0 aliphatic carbocycles. The van der Waals surface area contributed by atoms with Crippen LogP contribution in [-0.2, 0) is 16.0 Å². The molecule has 0 spiro atoms. The molecule has 0 radical (unpaired) electrons. The summed E-state index contributed by atoms with van der Waals surface area (Å²) in [6, 6.07) is 19.0. The molecule has 0 bridgehead atoms. The Morgan fingerprint density at radius 2 is 1.42 bits per heavy atom. The molecule has 1 N–H and O–H groups in total. The third-order valence-corrected chi connectivity index (χ3v) is 6.44. The minimum absolute atomic E-state index is 0.00632. The number of alkyl halides is 3. The van der Waals surface area contributed by atoms with Crippen molar-refractivity contribution in [1.82, 2.24) is 0 Å². The molecule has 0 amide bonds. The molecule has 0 unspecified atom stereocenters. The Labute approximate surface area is 187 Å². The summed E-state index contributed by atoms with van der Waals surface area (Å²) in [5.41, 5.74) is 0.855. The molecule has 0 saturated carbocycles. The number of hydrogen-bond donors (Lipinski definition) is 1. The minimum atomic E-state index is -4.53. The molecule has 8 heteroatoms. The van der Waals surface area contributed by atoms with Gasteiger partial charge >= 0.3 is 12.1 Å². The standard InChI is InChI=1S/C25H17F3O4S/c1-33(31,32)23-14-21-17(12-22(23)16-7-9-19(10-8-16)25(26,27)28)11-18(24(29)30)13-20(21)15-5-3-2-4-6-15/h2-14H,1H3,(H,29,30). The molecular formula is C25H17F3O4S. The number of sulfone groups is 1. The highest BCUT2D eigenvalue weighted by Crippen LogP contribution is 2.38. The molecule has 4 aromatic carbocycles. The predicted molar refractivity (Wildman–Crippen MR) is 120 cm³/mol. The maximum atomic E-state index is 13.0. The van der Waals surface area contributed by atoms with Crippen molar-refractivity contribution in [2.24, 2.45) is 0 Å². The Bertz CT molecular complexity index is 1470. The number of carboxylic acids is 1. The number of carboxylic acid groups (broad SMARTS) is 1. The van der Waals surface area contributed by atoms with Crippen molar-refractivity contribution in [2.75, 3.05) is 6.26 Å². The van der Waals surface area contributed by atoms with E-state index < -0.39 is 27.5 Å². The highest BCUT2D eigenvalue weighted by atomic mass is 32.2. The number of rotatable bonds is 4. The molecule has 0 aliphatic heterocycles. The van der Waals surface area contributed by atoms with Crippen LogP contribution in [-0.4, -0.2) is 25.7 Å². The van der Waals surface area contributed by atoms with E-state index in [1.165, 1.54) is 36.4 Å². The lowest BCUT2D eigenvalue weighted by Gasteiger charge is -2.15. The lowest BCUT2D eigenvalue weighted by Crippen LogP contribution is -2.05. The maximum absolute atomic E-state index is 13.0. The Hall–Kier alpha value is -3.65. The monoisotopic (exact) mass is 470 g/mol. The van der Waals surface area contributed by atoms with Gasteiger partial charge in [-0.2, -0.15) is 13.2 Å². The van der Waals surface area contributed by atoms with Crippen LogP contribution in [0.5, 0.6) is 0 Å². The van der Waals surface area contributed by atoms with Crippen LogP contribution in [0, 0.1) is 0 Å². The average molecular weight is 470 g/mol. The van der Waals surface area contributed by atoms with Crippen molar-refractivity contribution >= 4 is 26.6 Å².